The summed E-state index contributed by atoms with van der Waals surface area (Å²) in [6.45, 7) is 0.863. The van der Waals surface area contributed by atoms with Crippen LogP contribution in [0.25, 0.3) is 11.1 Å². The van der Waals surface area contributed by atoms with E-state index in [4.69, 9.17) is 31.5 Å². The number of amidine groups is 1. The Kier molecular flexibility index (Phi) is 3.77. The number of nitrogens with two attached hydrogens (primary N) is 1. The zero-order valence-electron chi connectivity index (χ0n) is 14.3. The summed E-state index contributed by atoms with van der Waals surface area (Å²) in [6.07, 6.45) is 2.65. The lowest BCUT2D eigenvalue weighted by Gasteiger charge is -2.45. The third-order valence-electron chi connectivity index (χ3n) is 5.35. The SMILES string of the molecule is NC1=NC2(CO1)c1cc(-c3cccnc3F)c(Cl)cc1OC1CCCO[C@@H]12. The van der Waals surface area contributed by atoms with Crippen LogP contribution >= 0.6 is 11.6 Å². The number of nitrogens with zero attached hydrogens (tertiary/aromatic N) is 2. The first-order valence-electron chi connectivity index (χ1n) is 8.80. The molecule has 6 nitrogen and oxygen atoms in total. The van der Waals surface area contributed by atoms with Crippen LogP contribution < -0.4 is 10.5 Å². The molecule has 1 saturated heterocycles. The summed E-state index contributed by atoms with van der Waals surface area (Å²) in [5.41, 5.74) is 6.58. The molecule has 4 heterocycles. The number of hydrogen-bond acceptors (Lipinski definition) is 6. The third kappa shape index (κ3) is 2.49. The smallest absolute Gasteiger partial charge is 0.283 e. The van der Waals surface area contributed by atoms with E-state index in [2.05, 4.69) is 9.98 Å². The number of pyridine rings is 1. The van der Waals surface area contributed by atoms with Crippen LogP contribution in [-0.2, 0) is 15.0 Å². The fraction of sp³-hybridized carbons (Fsp3) is 0.368. The molecule has 27 heavy (non-hydrogen) atoms. The minimum absolute atomic E-state index is 0.111. The number of rotatable bonds is 1. The molecule has 0 amide bonds. The van der Waals surface area contributed by atoms with E-state index in [0.29, 0.717) is 28.5 Å². The highest BCUT2D eigenvalue weighted by molar-refractivity contribution is 6.33. The molecule has 1 aromatic heterocycles. The molecule has 0 radical (unpaired) electrons. The lowest BCUT2D eigenvalue weighted by molar-refractivity contribution is -0.117. The van der Waals surface area contributed by atoms with Gasteiger partial charge in [-0.15, -0.1) is 0 Å². The Morgan fingerprint density at radius 3 is 2.96 bits per heavy atom. The monoisotopic (exact) mass is 389 g/mol. The van der Waals surface area contributed by atoms with E-state index in [1.54, 1.807) is 24.3 Å². The molecule has 8 heteroatoms. The first-order chi connectivity index (χ1) is 13.1. The van der Waals surface area contributed by atoms with Crippen LogP contribution in [-0.4, -0.2) is 36.4 Å². The van der Waals surface area contributed by atoms with Gasteiger partial charge in [0.15, 0.2) is 5.54 Å². The van der Waals surface area contributed by atoms with Crippen molar-refractivity contribution in [1.29, 1.82) is 0 Å². The molecule has 3 aliphatic rings. The molecule has 1 spiro atoms. The molecule has 140 valence electrons. The quantitative estimate of drug-likeness (QED) is 0.758. The molecule has 0 bridgehead atoms. The predicted octanol–water partition coefficient (Wildman–Crippen LogP) is 3.02. The Balaban J connectivity index is 1.73. The van der Waals surface area contributed by atoms with Gasteiger partial charge in [0.2, 0.25) is 5.95 Å². The van der Waals surface area contributed by atoms with Crippen LogP contribution in [0.5, 0.6) is 5.75 Å². The Hall–Kier alpha value is -2.38. The van der Waals surface area contributed by atoms with Crippen molar-refractivity contribution in [1.82, 2.24) is 4.98 Å². The Labute approximate surface area is 160 Å². The maximum absolute atomic E-state index is 14.3. The van der Waals surface area contributed by atoms with Crippen LogP contribution in [0, 0.1) is 5.95 Å². The lowest BCUT2D eigenvalue weighted by Crippen LogP contribution is -2.55. The average molecular weight is 390 g/mol. The van der Waals surface area contributed by atoms with Gasteiger partial charge >= 0.3 is 0 Å². The Morgan fingerprint density at radius 2 is 2.19 bits per heavy atom. The fourth-order valence-corrected chi connectivity index (χ4v) is 4.40. The first-order valence-corrected chi connectivity index (χ1v) is 9.17. The summed E-state index contributed by atoms with van der Waals surface area (Å²) < 4.78 is 32.0. The van der Waals surface area contributed by atoms with E-state index in [1.807, 2.05) is 0 Å². The highest BCUT2D eigenvalue weighted by atomic mass is 35.5. The molecule has 0 saturated carbocycles. The first kappa shape index (κ1) is 16.8. The number of benzene rings is 1. The van der Waals surface area contributed by atoms with Crippen molar-refractivity contribution in [3.05, 3.63) is 47.0 Å². The minimum Gasteiger partial charge on any atom is -0.487 e. The lowest BCUT2D eigenvalue weighted by atomic mass is 9.77. The molecule has 1 aromatic carbocycles. The molecule has 1 fully saturated rings. The van der Waals surface area contributed by atoms with Gasteiger partial charge in [-0.1, -0.05) is 11.6 Å². The largest absolute Gasteiger partial charge is 0.487 e. The fourth-order valence-electron chi connectivity index (χ4n) is 4.15. The van der Waals surface area contributed by atoms with E-state index in [1.165, 1.54) is 6.20 Å². The molecule has 5 rings (SSSR count). The van der Waals surface area contributed by atoms with Crippen molar-refractivity contribution in [3.8, 4) is 16.9 Å². The molecular formula is C19H17ClFN3O3. The topological polar surface area (TPSA) is 79.0 Å². The van der Waals surface area contributed by atoms with Gasteiger partial charge < -0.3 is 19.9 Å². The molecule has 2 N–H and O–H groups in total. The molecule has 0 aliphatic carbocycles. The minimum atomic E-state index is -0.833. The van der Waals surface area contributed by atoms with Crippen LogP contribution in [0.2, 0.25) is 5.02 Å². The van der Waals surface area contributed by atoms with Gasteiger partial charge in [-0.25, -0.2) is 9.98 Å². The van der Waals surface area contributed by atoms with Crippen LogP contribution in [0.4, 0.5) is 4.39 Å². The van der Waals surface area contributed by atoms with Gasteiger partial charge in [0.05, 0.1) is 5.02 Å². The maximum Gasteiger partial charge on any atom is 0.283 e. The summed E-state index contributed by atoms with van der Waals surface area (Å²) >= 11 is 6.47. The number of aromatic nitrogens is 1. The van der Waals surface area contributed by atoms with Crippen LogP contribution in [0.15, 0.2) is 35.5 Å². The van der Waals surface area contributed by atoms with Crippen molar-refractivity contribution in [2.45, 2.75) is 30.6 Å². The van der Waals surface area contributed by atoms with Gasteiger partial charge in [-0.05, 0) is 37.1 Å². The molecule has 2 unspecified atom stereocenters. The summed E-state index contributed by atoms with van der Waals surface area (Å²) in [6, 6.07) is 6.90. The van der Waals surface area contributed by atoms with Crippen molar-refractivity contribution in [2.75, 3.05) is 13.2 Å². The second-order valence-corrected chi connectivity index (χ2v) is 7.33. The van der Waals surface area contributed by atoms with Crippen molar-refractivity contribution in [2.24, 2.45) is 10.7 Å². The van der Waals surface area contributed by atoms with E-state index >= 15 is 0 Å². The zero-order valence-corrected chi connectivity index (χ0v) is 15.1. The molecule has 2 aromatic rings. The standard InChI is InChI=1S/C19H17ClFN3O3/c20-13-8-15-12(7-11(13)10-3-1-5-23-17(10)21)19(9-26-18(22)24-19)16-14(27-15)4-2-6-25-16/h1,3,5,7-8,14,16H,2,4,6,9H2,(H2,22,24)/t14?,16-,19?/m0/s1. The maximum atomic E-state index is 14.3. The number of fused-ring (bicyclic) bond motifs is 4. The molecule has 3 aliphatic heterocycles. The Bertz CT molecular complexity index is 954. The second kappa shape index (κ2) is 6.07. The van der Waals surface area contributed by atoms with Gasteiger partial charge in [0, 0.05) is 29.5 Å². The van der Waals surface area contributed by atoms with Gasteiger partial charge in [-0.2, -0.15) is 4.39 Å². The second-order valence-electron chi connectivity index (χ2n) is 6.92. The van der Waals surface area contributed by atoms with Crippen molar-refractivity contribution >= 4 is 17.6 Å². The highest BCUT2D eigenvalue weighted by Crippen LogP contribution is 2.50. The van der Waals surface area contributed by atoms with E-state index in [9.17, 15) is 4.39 Å². The van der Waals surface area contributed by atoms with Gasteiger partial charge in [0.1, 0.15) is 24.6 Å². The zero-order chi connectivity index (χ0) is 18.6. The average Bonchev–Trinajstić information content (AvgIpc) is 3.05. The number of aliphatic imine (C=N–C) groups is 1. The third-order valence-corrected chi connectivity index (χ3v) is 5.66. The highest BCUT2D eigenvalue weighted by Gasteiger charge is 2.56. The number of ether oxygens (including phenoxy) is 3. The normalized spacial score (nSPS) is 28.7. The Morgan fingerprint density at radius 1 is 1.30 bits per heavy atom. The van der Waals surface area contributed by atoms with Gasteiger partial charge in [-0.3, -0.25) is 0 Å². The summed E-state index contributed by atoms with van der Waals surface area (Å²) in [5.74, 6) is 0.00413. The summed E-state index contributed by atoms with van der Waals surface area (Å²) in [7, 11) is 0. The van der Waals surface area contributed by atoms with Crippen LogP contribution in [0.1, 0.15) is 18.4 Å². The van der Waals surface area contributed by atoms with E-state index in [-0.39, 0.29) is 24.8 Å². The summed E-state index contributed by atoms with van der Waals surface area (Å²) in [4.78, 5) is 8.33. The molecule has 3 atom stereocenters. The van der Waals surface area contributed by atoms with E-state index in [0.717, 1.165) is 18.4 Å². The van der Waals surface area contributed by atoms with Crippen LogP contribution in [0.3, 0.4) is 0 Å². The molecular weight excluding hydrogens is 373 g/mol. The predicted molar refractivity (Wildman–Crippen MR) is 97.3 cm³/mol. The van der Waals surface area contributed by atoms with E-state index < -0.39 is 11.5 Å². The summed E-state index contributed by atoms with van der Waals surface area (Å²) in [5, 5.41) is 0.377. The van der Waals surface area contributed by atoms with Crippen molar-refractivity contribution in [3.63, 3.8) is 0 Å². The van der Waals surface area contributed by atoms with Crippen molar-refractivity contribution < 1.29 is 18.6 Å². The number of hydrogen-bond donors (Lipinski definition) is 1. The number of halogens is 2. The van der Waals surface area contributed by atoms with Gasteiger partial charge in [0.25, 0.3) is 6.02 Å².